The van der Waals surface area contributed by atoms with Crippen LogP contribution >= 0.6 is 0 Å². The Morgan fingerprint density at radius 3 is 2.10 bits per heavy atom. The van der Waals surface area contributed by atoms with Gasteiger partial charge >= 0.3 is 11.9 Å². The minimum Gasteiger partial charge on any atom is -0.463 e. The molecule has 20 heavy (non-hydrogen) atoms. The molecule has 0 aromatic heterocycles. The minimum atomic E-state index is -0.517. The first kappa shape index (κ1) is 18.7. The highest BCUT2D eigenvalue weighted by atomic mass is 16.6. The van der Waals surface area contributed by atoms with Gasteiger partial charge in [-0.1, -0.05) is 57.9 Å². The standard InChI is InChI=1S/C16H28O4/c1-3-5-6-7-8-9-10-11-13-19-16(18)14-20-15(17)12-4-2/h4,12H,3,5-11,13-14H2,1-2H3/b12-4-. The Kier molecular flexibility index (Phi) is 13.2. The molecule has 0 bridgehead atoms. The molecule has 4 heteroatoms. The largest absolute Gasteiger partial charge is 0.463 e. The normalized spacial score (nSPS) is 10.7. The smallest absolute Gasteiger partial charge is 0.344 e. The first-order valence-electron chi connectivity index (χ1n) is 7.65. The number of unbranched alkanes of at least 4 members (excludes halogenated alkanes) is 7. The second-order valence-electron chi connectivity index (χ2n) is 4.80. The molecule has 0 fully saturated rings. The number of allylic oxidation sites excluding steroid dienone is 1. The third-order valence-corrected chi connectivity index (χ3v) is 2.90. The van der Waals surface area contributed by atoms with E-state index in [2.05, 4.69) is 11.7 Å². The lowest BCUT2D eigenvalue weighted by atomic mass is 10.1. The van der Waals surface area contributed by atoms with Crippen molar-refractivity contribution in [3.05, 3.63) is 12.2 Å². The Bertz CT molecular complexity index is 284. The van der Waals surface area contributed by atoms with Gasteiger partial charge in [0.2, 0.25) is 0 Å². The molecule has 0 atom stereocenters. The van der Waals surface area contributed by atoms with Gasteiger partial charge in [0, 0.05) is 6.08 Å². The molecule has 0 spiro atoms. The van der Waals surface area contributed by atoms with E-state index in [0.29, 0.717) is 6.61 Å². The maximum atomic E-state index is 11.2. The van der Waals surface area contributed by atoms with Gasteiger partial charge in [-0.2, -0.15) is 0 Å². The van der Waals surface area contributed by atoms with Crippen molar-refractivity contribution in [3.63, 3.8) is 0 Å². The topological polar surface area (TPSA) is 52.6 Å². The average molecular weight is 284 g/mol. The third kappa shape index (κ3) is 13.1. The van der Waals surface area contributed by atoms with Gasteiger partial charge in [0.05, 0.1) is 6.61 Å². The van der Waals surface area contributed by atoms with Crippen molar-refractivity contribution in [2.75, 3.05) is 13.2 Å². The van der Waals surface area contributed by atoms with Gasteiger partial charge in [-0.05, 0) is 13.3 Å². The summed E-state index contributed by atoms with van der Waals surface area (Å²) in [4.78, 5) is 22.2. The third-order valence-electron chi connectivity index (χ3n) is 2.90. The zero-order valence-electron chi connectivity index (χ0n) is 12.9. The van der Waals surface area contributed by atoms with E-state index < -0.39 is 11.9 Å². The van der Waals surface area contributed by atoms with Crippen LogP contribution in [0.1, 0.15) is 65.2 Å². The van der Waals surface area contributed by atoms with E-state index in [9.17, 15) is 9.59 Å². The van der Waals surface area contributed by atoms with Crippen LogP contribution in [0.2, 0.25) is 0 Å². The summed E-state index contributed by atoms with van der Waals surface area (Å²) >= 11 is 0. The van der Waals surface area contributed by atoms with Gasteiger partial charge in [0.25, 0.3) is 0 Å². The number of carbonyl (C=O) groups excluding carboxylic acids is 2. The van der Waals surface area contributed by atoms with Crippen LogP contribution in [0.25, 0.3) is 0 Å². The molecule has 0 aromatic carbocycles. The van der Waals surface area contributed by atoms with Crippen LogP contribution < -0.4 is 0 Å². The number of carbonyl (C=O) groups is 2. The zero-order chi connectivity index (χ0) is 15.1. The summed E-state index contributed by atoms with van der Waals surface area (Å²) in [6.07, 6.45) is 12.5. The van der Waals surface area contributed by atoms with Crippen molar-refractivity contribution >= 4 is 11.9 Å². The van der Waals surface area contributed by atoms with Crippen molar-refractivity contribution in [1.29, 1.82) is 0 Å². The Labute approximate surface area is 122 Å². The van der Waals surface area contributed by atoms with E-state index in [0.717, 1.165) is 12.8 Å². The van der Waals surface area contributed by atoms with Crippen molar-refractivity contribution < 1.29 is 19.1 Å². The summed E-state index contributed by atoms with van der Waals surface area (Å²) in [5.74, 6) is -0.998. The molecule has 0 rings (SSSR count). The number of esters is 2. The van der Waals surface area contributed by atoms with Crippen molar-refractivity contribution in [3.8, 4) is 0 Å². The number of rotatable bonds is 12. The van der Waals surface area contributed by atoms with Crippen LogP contribution in [-0.2, 0) is 19.1 Å². The number of hydrogen-bond acceptors (Lipinski definition) is 4. The molecule has 0 aliphatic carbocycles. The Morgan fingerprint density at radius 1 is 0.900 bits per heavy atom. The van der Waals surface area contributed by atoms with Crippen molar-refractivity contribution in [2.24, 2.45) is 0 Å². The zero-order valence-corrected chi connectivity index (χ0v) is 12.9. The summed E-state index contributed by atoms with van der Waals surface area (Å²) < 4.78 is 9.65. The lowest BCUT2D eigenvalue weighted by Crippen LogP contribution is -2.15. The van der Waals surface area contributed by atoms with E-state index in [4.69, 9.17) is 4.74 Å². The monoisotopic (exact) mass is 284 g/mol. The highest BCUT2D eigenvalue weighted by Crippen LogP contribution is 2.08. The molecule has 0 saturated carbocycles. The molecule has 0 amide bonds. The summed E-state index contributed by atoms with van der Waals surface area (Å²) in [6.45, 7) is 4.03. The molecule has 0 heterocycles. The molecule has 0 aromatic rings. The summed E-state index contributed by atoms with van der Waals surface area (Å²) in [7, 11) is 0. The molecule has 0 saturated heterocycles. The molecular weight excluding hydrogens is 256 g/mol. The highest BCUT2D eigenvalue weighted by Gasteiger charge is 2.05. The van der Waals surface area contributed by atoms with Crippen molar-refractivity contribution in [2.45, 2.75) is 65.2 Å². The quantitative estimate of drug-likeness (QED) is 0.311. The average Bonchev–Trinajstić information content (AvgIpc) is 2.43. The van der Waals surface area contributed by atoms with Crippen molar-refractivity contribution in [1.82, 2.24) is 0 Å². The van der Waals surface area contributed by atoms with Crippen LogP contribution in [0.4, 0.5) is 0 Å². The number of ether oxygens (including phenoxy) is 2. The van der Waals surface area contributed by atoms with E-state index in [1.165, 1.54) is 44.6 Å². The molecule has 0 N–H and O–H groups in total. The van der Waals surface area contributed by atoms with Gasteiger partial charge in [-0.25, -0.2) is 9.59 Å². The van der Waals surface area contributed by atoms with E-state index in [1.54, 1.807) is 13.0 Å². The first-order valence-corrected chi connectivity index (χ1v) is 7.65. The molecular formula is C16H28O4. The SMILES string of the molecule is C/C=C\C(=O)OCC(=O)OCCCCCCCCCC. The summed E-state index contributed by atoms with van der Waals surface area (Å²) in [5.41, 5.74) is 0. The van der Waals surface area contributed by atoms with Crippen LogP contribution in [0.15, 0.2) is 12.2 Å². The summed E-state index contributed by atoms with van der Waals surface area (Å²) in [5, 5.41) is 0. The van der Waals surface area contributed by atoms with Crippen LogP contribution in [0, 0.1) is 0 Å². The van der Waals surface area contributed by atoms with E-state index >= 15 is 0 Å². The molecule has 0 unspecified atom stereocenters. The summed E-state index contributed by atoms with van der Waals surface area (Å²) in [6, 6.07) is 0. The Balaban J connectivity index is 3.29. The fourth-order valence-electron chi connectivity index (χ4n) is 1.78. The lowest BCUT2D eigenvalue weighted by Gasteiger charge is -2.05. The fourth-order valence-corrected chi connectivity index (χ4v) is 1.78. The lowest BCUT2D eigenvalue weighted by molar-refractivity contribution is -0.156. The molecule has 116 valence electrons. The first-order chi connectivity index (χ1) is 9.70. The maximum absolute atomic E-state index is 11.2. The second kappa shape index (κ2) is 14.1. The van der Waals surface area contributed by atoms with Gasteiger partial charge in [-0.15, -0.1) is 0 Å². The maximum Gasteiger partial charge on any atom is 0.344 e. The van der Waals surface area contributed by atoms with E-state index in [1.807, 2.05) is 0 Å². The van der Waals surface area contributed by atoms with E-state index in [-0.39, 0.29) is 6.61 Å². The number of hydrogen-bond donors (Lipinski definition) is 0. The molecule has 0 radical (unpaired) electrons. The minimum absolute atomic E-state index is 0.305. The predicted octanol–water partition coefficient (Wildman–Crippen LogP) is 3.79. The van der Waals surface area contributed by atoms with Crippen LogP contribution in [0.5, 0.6) is 0 Å². The predicted molar refractivity (Wildman–Crippen MR) is 79.3 cm³/mol. The van der Waals surface area contributed by atoms with Crippen LogP contribution in [-0.4, -0.2) is 25.2 Å². The fraction of sp³-hybridized carbons (Fsp3) is 0.750. The second-order valence-corrected chi connectivity index (χ2v) is 4.80. The van der Waals surface area contributed by atoms with Gasteiger partial charge < -0.3 is 9.47 Å². The highest BCUT2D eigenvalue weighted by molar-refractivity contribution is 5.84. The Morgan fingerprint density at radius 2 is 1.50 bits per heavy atom. The van der Waals surface area contributed by atoms with Gasteiger partial charge in [0.15, 0.2) is 6.61 Å². The van der Waals surface area contributed by atoms with Gasteiger partial charge in [0.1, 0.15) is 0 Å². The molecule has 0 aliphatic heterocycles. The van der Waals surface area contributed by atoms with Gasteiger partial charge in [-0.3, -0.25) is 0 Å². The molecule has 4 nitrogen and oxygen atoms in total. The Hall–Kier alpha value is -1.32. The molecule has 0 aliphatic rings. The van der Waals surface area contributed by atoms with Crippen LogP contribution in [0.3, 0.4) is 0 Å².